The van der Waals surface area contributed by atoms with E-state index >= 15 is 0 Å². The van der Waals surface area contributed by atoms with Gasteiger partial charge in [-0.25, -0.2) is 0 Å². The van der Waals surface area contributed by atoms with Gasteiger partial charge in [0.1, 0.15) is 24.2 Å². The minimum Gasteiger partial charge on any atom is -0.370 e. The highest BCUT2D eigenvalue weighted by Gasteiger charge is 2.30. The monoisotopic (exact) mass is 796 g/mol. The van der Waals surface area contributed by atoms with E-state index in [-0.39, 0.29) is 62.9 Å². The van der Waals surface area contributed by atoms with Gasteiger partial charge in [-0.05, 0) is 62.1 Å². The molecule has 0 radical (unpaired) electrons. The molecule has 5 atom stereocenters. The van der Waals surface area contributed by atoms with E-state index in [9.17, 15) is 28.8 Å². The van der Waals surface area contributed by atoms with Crippen molar-refractivity contribution >= 4 is 53.0 Å². The van der Waals surface area contributed by atoms with Gasteiger partial charge in [0.15, 0.2) is 11.9 Å². The maximum atomic E-state index is 13.7. The van der Waals surface area contributed by atoms with Gasteiger partial charge in [-0.2, -0.15) is 0 Å². The lowest BCUT2D eigenvalue weighted by Crippen LogP contribution is -2.57. The molecule has 0 fully saturated rings. The van der Waals surface area contributed by atoms with Crippen molar-refractivity contribution in [2.75, 3.05) is 18.4 Å². The van der Waals surface area contributed by atoms with Crippen molar-refractivity contribution in [2.24, 2.45) is 28.9 Å². The van der Waals surface area contributed by atoms with E-state index in [2.05, 4.69) is 47.5 Å². The molecule has 17 N–H and O–H groups in total. The van der Waals surface area contributed by atoms with E-state index in [4.69, 9.17) is 33.8 Å². The largest absolute Gasteiger partial charge is 0.370 e. The number of fused-ring (bicyclic) bond motifs is 2. The number of rotatable bonds is 10. The molecule has 3 rings (SSSR count). The zero-order chi connectivity index (χ0) is 42.1. The standard InChI is InChI=1S/C35H56N16O6/c1-19(2)14-26-32(56)47-25(7-5-12-42-34(38)39)31(55)43-17-28(52)45-27(15-20-8-10-21(11-9-20)44-35(40)41)33(57)46-24(29(37)53)6-3-4-13-51-18-22(49-50-51)16-23(36)30(54)48-26/h8-11,18-19,23-27H,3-7,12-17,36H2,1-2H3,(H2,37,53)(H,43,55)(H,45,52)(H,46,57)(H,47,56)(H,48,54)(H4,38,39,42)(H4,40,41,44)/t23-,24+,25?,26-,27-/m0/s1. The SMILES string of the molecule is CC(C)C[C@@H]1NC(=O)[C@@H](N)Cc2cn(nn2)CCCC[C@H](C(N)=O)NC(=O)[C@H](Cc2ccc(NC(=N)N)cc2)NC(=O)CNC(=O)C(CCCNC(=N)N)NC1=O. The van der Waals surface area contributed by atoms with Crippen LogP contribution in [0.4, 0.5) is 5.69 Å². The molecule has 1 unspecified atom stereocenters. The van der Waals surface area contributed by atoms with E-state index in [1.54, 1.807) is 35.1 Å². The van der Waals surface area contributed by atoms with Crippen LogP contribution in [-0.4, -0.2) is 106 Å². The summed E-state index contributed by atoms with van der Waals surface area (Å²) >= 11 is 0. The third-order valence-electron chi connectivity index (χ3n) is 8.85. The molecule has 22 heteroatoms. The molecule has 2 heterocycles. The number of benzene rings is 1. The van der Waals surface area contributed by atoms with Crippen molar-refractivity contribution in [1.29, 1.82) is 10.8 Å². The van der Waals surface area contributed by atoms with Crippen LogP contribution in [0.1, 0.15) is 63.6 Å². The number of nitrogens with zero attached hydrogens (tertiary/aromatic N) is 3. The maximum absolute atomic E-state index is 13.7. The van der Waals surface area contributed by atoms with E-state index < -0.39 is 72.2 Å². The number of hydrogen-bond acceptors (Lipinski definition) is 11. The highest BCUT2D eigenvalue weighted by atomic mass is 16.2. The Hall–Kier alpha value is -6.32. The number of aromatic nitrogens is 3. The average Bonchev–Trinajstić information content (AvgIpc) is 3.58. The number of aryl methyl sites for hydroxylation is 1. The predicted octanol–water partition coefficient (Wildman–Crippen LogP) is -3.27. The predicted molar refractivity (Wildman–Crippen MR) is 210 cm³/mol. The van der Waals surface area contributed by atoms with E-state index in [0.717, 1.165) is 0 Å². The lowest BCUT2D eigenvalue weighted by Gasteiger charge is -2.25. The second-order valence-electron chi connectivity index (χ2n) is 14.3. The summed E-state index contributed by atoms with van der Waals surface area (Å²) in [4.78, 5) is 79.8. The summed E-state index contributed by atoms with van der Waals surface area (Å²) in [5, 5.41) is 41.5. The zero-order valence-electron chi connectivity index (χ0n) is 32.2. The molecule has 0 saturated heterocycles. The van der Waals surface area contributed by atoms with Gasteiger partial charge in [-0.1, -0.05) is 31.2 Å². The number of nitrogens with one attached hydrogen (secondary N) is 9. The zero-order valence-corrected chi connectivity index (χ0v) is 32.2. The molecule has 6 amide bonds. The average molecular weight is 797 g/mol. The maximum Gasteiger partial charge on any atom is 0.243 e. The Bertz CT molecular complexity index is 1730. The quantitative estimate of drug-likeness (QED) is 0.0639. The number of carbonyl (C=O) groups is 6. The van der Waals surface area contributed by atoms with Gasteiger partial charge in [0, 0.05) is 37.8 Å². The van der Waals surface area contributed by atoms with Crippen molar-refractivity contribution in [3.8, 4) is 0 Å². The third-order valence-corrected chi connectivity index (χ3v) is 8.85. The minimum absolute atomic E-state index is 0.0223. The Morgan fingerprint density at radius 2 is 1.58 bits per heavy atom. The van der Waals surface area contributed by atoms with Crippen LogP contribution in [0.25, 0.3) is 0 Å². The lowest BCUT2D eigenvalue weighted by molar-refractivity contribution is -0.134. The van der Waals surface area contributed by atoms with Gasteiger partial charge in [0.2, 0.25) is 35.4 Å². The summed E-state index contributed by atoms with van der Waals surface area (Å²) in [6.45, 7) is 3.74. The first-order valence-electron chi connectivity index (χ1n) is 18.7. The Kier molecular flexibility index (Phi) is 17.6. The van der Waals surface area contributed by atoms with Crippen LogP contribution in [0, 0.1) is 16.7 Å². The number of amides is 6. The van der Waals surface area contributed by atoms with Gasteiger partial charge in [0.05, 0.1) is 18.3 Å². The minimum atomic E-state index is -1.22. The topological polar surface area (TPSA) is 369 Å². The Morgan fingerprint density at radius 3 is 2.23 bits per heavy atom. The molecule has 1 aliphatic heterocycles. The van der Waals surface area contributed by atoms with Crippen LogP contribution in [0.5, 0.6) is 0 Å². The van der Waals surface area contributed by atoms with Crippen molar-refractivity contribution in [3.05, 3.63) is 41.7 Å². The molecular formula is C35H56N16O6. The highest BCUT2D eigenvalue weighted by Crippen LogP contribution is 2.13. The molecule has 312 valence electrons. The second kappa shape index (κ2) is 22.3. The van der Waals surface area contributed by atoms with Gasteiger partial charge >= 0.3 is 0 Å². The number of carbonyl (C=O) groups excluding carboxylic acids is 6. The van der Waals surface area contributed by atoms with Crippen LogP contribution in [-0.2, 0) is 48.2 Å². The first-order valence-corrected chi connectivity index (χ1v) is 18.7. The molecule has 2 aromatic rings. The summed E-state index contributed by atoms with van der Waals surface area (Å²) < 4.78 is 1.56. The fourth-order valence-corrected chi connectivity index (χ4v) is 5.95. The van der Waals surface area contributed by atoms with Crippen LogP contribution in [0.15, 0.2) is 30.5 Å². The smallest absolute Gasteiger partial charge is 0.243 e. The molecule has 0 saturated carbocycles. The normalized spacial score (nSPS) is 22.1. The number of primary amides is 1. The molecule has 2 bridgehead atoms. The van der Waals surface area contributed by atoms with Crippen LogP contribution in [0.3, 0.4) is 0 Å². The Labute approximate surface area is 330 Å². The highest BCUT2D eigenvalue weighted by molar-refractivity contribution is 5.95. The number of nitrogens with two attached hydrogens (primary N) is 4. The van der Waals surface area contributed by atoms with E-state index in [1.807, 2.05) is 13.8 Å². The molecule has 1 aromatic carbocycles. The van der Waals surface area contributed by atoms with Crippen LogP contribution < -0.4 is 60.2 Å². The first-order chi connectivity index (χ1) is 27.0. The Morgan fingerprint density at radius 1 is 0.895 bits per heavy atom. The molecule has 0 spiro atoms. The van der Waals surface area contributed by atoms with Crippen molar-refractivity contribution in [2.45, 2.75) is 102 Å². The molecule has 1 aromatic heterocycles. The molecule has 0 aliphatic carbocycles. The molecular weight excluding hydrogens is 740 g/mol. The molecule has 57 heavy (non-hydrogen) atoms. The lowest BCUT2D eigenvalue weighted by atomic mass is 10.0. The fourth-order valence-electron chi connectivity index (χ4n) is 5.95. The Balaban J connectivity index is 1.91. The number of hydrogen-bond donors (Lipinski definition) is 13. The molecule has 1 aliphatic rings. The number of anilines is 1. The summed E-state index contributed by atoms with van der Waals surface area (Å²) in [5.41, 5.74) is 24.2. The molecule has 22 nitrogen and oxygen atoms in total. The van der Waals surface area contributed by atoms with Gasteiger partial charge < -0.3 is 60.2 Å². The number of guanidine groups is 2. The second-order valence-corrected chi connectivity index (χ2v) is 14.3. The van der Waals surface area contributed by atoms with Crippen molar-refractivity contribution in [3.63, 3.8) is 0 Å². The van der Waals surface area contributed by atoms with Crippen LogP contribution in [0.2, 0.25) is 0 Å². The summed E-state index contributed by atoms with van der Waals surface area (Å²) in [7, 11) is 0. The van der Waals surface area contributed by atoms with E-state index in [0.29, 0.717) is 36.3 Å². The van der Waals surface area contributed by atoms with Gasteiger partial charge in [-0.3, -0.25) is 44.3 Å². The summed E-state index contributed by atoms with van der Waals surface area (Å²) in [6.07, 6.45) is 3.35. The van der Waals surface area contributed by atoms with Gasteiger partial charge in [-0.15, -0.1) is 5.10 Å². The fraction of sp³-hybridized carbons (Fsp3) is 0.543. The third kappa shape index (κ3) is 16.1. The van der Waals surface area contributed by atoms with Gasteiger partial charge in [0.25, 0.3) is 0 Å². The van der Waals surface area contributed by atoms with Crippen molar-refractivity contribution < 1.29 is 28.8 Å². The summed E-state index contributed by atoms with van der Waals surface area (Å²) in [5.74, 6) is -4.81. The van der Waals surface area contributed by atoms with Crippen LogP contribution >= 0.6 is 0 Å². The summed E-state index contributed by atoms with van der Waals surface area (Å²) in [6, 6.07) is 0.972. The van der Waals surface area contributed by atoms with Crippen molar-refractivity contribution in [1.82, 2.24) is 46.9 Å². The van der Waals surface area contributed by atoms with E-state index in [1.165, 1.54) is 0 Å². The first kappa shape index (κ1) is 45.1.